The summed E-state index contributed by atoms with van der Waals surface area (Å²) in [6, 6.07) is 0.0225. The number of likely N-dealkylation sites (N-methyl/N-ethyl adjacent to an activating group) is 1. The smallest absolute Gasteiger partial charge is 0.237 e. The van der Waals surface area contributed by atoms with E-state index in [4.69, 9.17) is 0 Å². The highest BCUT2D eigenvalue weighted by molar-refractivity contribution is 5.81. The lowest BCUT2D eigenvalue weighted by Crippen LogP contribution is -2.55. The largest absolute Gasteiger partial charge is 0.353 e. The summed E-state index contributed by atoms with van der Waals surface area (Å²) >= 11 is 0. The normalized spacial score (nSPS) is 29.6. The molecular weight excluding hydrogens is 250 g/mol. The molecule has 2 N–H and O–H groups in total. The van der Waals surface area contributed by atoms with Gasteiger partial charge in [-0.2, -0.15) is 0 Å². The predicted octanol–water partition coefficient (Wildman–Crippen LogP) is 1.76. The van der Waals surface area contributed by atoms with E-state index in [-0.39, 0.29) is 17.5 Å². The number of nitrogens with one attached hydrogen (secondary N) is 2. The van der Waals surface area contributed by atoms with Gasteiger partial charge < -0.3 is 15.5 Å². The molecule has 20 heavy (non-hydrogen) atoms. The molecule has 2 fully saturated rings. The molecule has 0 aromatic heterocycles. The monoisotopic (exact) mass is 281 g/mol. The molecule has 1 heterocycles. The minimum Gasteiger partial charge on any atom is -0.353 e. The Kier molecular flexibility index (Phi) is 5.44. The van der Waals surface area contributed by atoms with Gasteiger partial charge in [0.15, 0.2) is 0 Å². The first kappa shape index (κ1) is 15.8. The second-order valence-corrected chi connectivity index (χ2v) is 6.85. The van der Waals surface area contributed by atoms with Crippen molar-refractivity contribution in [3.05, 3.63) is 0 Å². The van der Waals surface area contributed by atoms with Crippen LogP contribution in [0.5, 0.6) is 0 Å². The summed E-state index contributed by atoms with van der Waals surface area (Å²) in [7, 11) is 4.28. The number of amides is 1. The Labute approximate surface area is 123 Å². The summed E-state index contributed by atoms with van der Waals surface area (Å²) < 4.78 is 0. The van der Waals surface area contributed by atoms with Crippen LogP contribution in [0.3, 0.4) is 0 Å². The predicted molar refractivity (Wildman–Crippen MR) is 82.7 cm³/mol. The summed E-state index contributed by atoms with van der Waals surface area (Å²) in [6.45, 7) is 4.01. The van der Waals surface area contributed by atoms with Gasteiger partial charge in [0.2, 0.25) is 5.91 Å². The molecule has 116 valence electrons. The zero-order valence-electron chi connectivity index (χ0n) is 13.4. The summed E-state index contributed by atoms with van der Waals surface area (Å²) in [5.74, 6) is 0.914. The third kappa shape index (κ3) is 3.53. The van der Waals surface area contributed by atoms with Gasteiger partial charge in [-0.3, -0.25) is 4.79 Å². The fourth-order valence-electron chi connectivity index (χ4n) is 3.76. The molecule has 4 heteroatoms. The van der Waals surface area contributed by atoms with E-state index < -0.39 is 0 Å². The van der Waals surface area contributed by atoms with E-state index in [0.29, 0.717) is 5.92 Å². The molecule has 0 aromatic carbocycles. The molecule has 1 saturated carbocycles. The van der Waals surface area contributed by atoms with Gasteiger partial charge in [-0.25, -0.2) is 0 Å². The Morgan fingerprint density at radius 2 is 2.05 bits per heavy atom. The first-order chi connectivity index (χ1) is 9.57. The quantitative estimate of drug-likeness (QED) is 0.807. The van der Waals surface area contributed by atoms with Crippen LogP contribution in [0.4, 0.5) is 0 Å². The first-order valence-electron chi connectivity index (χ1n) is 8.26. The van der Waals surface area contributed by atoms with Crippen molar-refractivity contribution in [1.82, 2.24) is 15.5 Å². The van der Waals surface area contributed by atoms with Gasteiger partial charge in [0.05, 0.1) is 6.04 Å². The topological polar surface area (TPSA) is 44.4 Å². The van der Waals surface area contributed by atoms with Crippen LogP contribution < -0.4 is 10.6 Å². The molecule has 0 bridgehead atoms. The van der Waals surface area contributed by atoms with Crippen LogP contribution in [0.2, 0.25) is 0 Å². The highest BCUT2D eigenvalue weighted by Gasteiger charge is 2.37. The number of hydrogen-bond donors (Lipinski definition) is 2. The highest BCUT2D eigenvalue weighted by atomic mass is 16.2. The number of nitrogens with zero attached hydrogens (tertiary/aromatic N) is 1. The molecule has 0 spiro atoms. The molecule has 1 saturated heterocycles. The Bertz CT molecular complexity index is 324. The van der Waals surface area contributed by atoms with E-state index in [1.807, 2.05) is 0 Å². The number of carbonyl (C=O) groups excluding carboxylic acids is 1. The van der Waals surface area contributed by atoms with Crippen LogP contribution in [0.15, 0.2) is 0 Å². The molecular formula is C16H31N3O. The van der Waals surface area contributed by atoms with Gasteiger partial charge in [-0.15, -0.1) is 0 Å². The summed E-state index contributed by atoms with van der Waals surface area (Å²) in [4.78, 5) is 14.7. The van der Waals surface area contributed by atoms with Crippen LogP contribution >= 0.6 is 0 Å². The van der Waals surface area contributed by atoms with E-state index in [0.717, 1.165) is 19.5 Å². The zero-order valence-corrected chi connectivity index (χ0v) is 13.4. The van der Waals surface area contributed by atoms with Crippen molar-refractivity contribution in [1.29, 1.82) is 0 Å². The second-order valence-electron chi connectivity index (χ2n) is 6.85. The summed E-state index contributed by atoms with van der Waals surface area (Å²) in [5.41, 5.74) is 0.189. The summed E-state index contributed by atoms with van der Waals surface area (Å²) in [5, 5.41) is 6.59. The summed E-state index contributed by atoms with van der Waals surface area (Å²) in [6.07, 6.45) is 8.37. The molecule has 0 aromatic rings. The van der Waals surface area contributed by atoms with Gasteiger partial charge in [-0.05, 0) is 52.2 Å². The Hall–Kier alpha value is -0.610. The van der Waals surface area contributed by atoms with Gasteiger partial charge in [0, 0.05) is 12.1 Å². The van der Waals surface area contributed by atoms with Gasteiger partial charge >= 0.3 is 0 Å². The fourth-order valence-corrected chi connectivity index (χ4v) is 3.76. The van der Waals surface area contributed by atoms with E-state index in [2.05, 4.69) is 36.6 Å². The van der Waals surface area contributed by atoms with Crippen molar-refractivity contribution < 1.29 is 4.79 Å². The van der Waals surface area contributed by atoms with E-state index in [1.165, 1.54) is 38.5 Å². The lowest BCUT2D eigenvalue weighted by Gasteiger charge is -2.37. The molecule has 1 aliphatic heterocycles. The third-order valence-corrected chi connectivity index (χ3v) is 5.48. The molecule has 1 amide bonds. The van der Waals surface area contributed by atoms with Crippen molar-refractivity contribution in [3.8, 4) is 0 Å². The zero-order chi connectivity index (χ0) is 14.6. The number of carbonyl (C=O) groups is 1. The Morgan fingerprint density at radius 1 is 1.35 bits per heavy atom. The van der Waals surface area contributed by atoms with Crippen LogP contribution in [0.25, 0.3) is 0 Å². The molecule has 4 nitrogen and oxygen atoms in total. The van der Waals surface area contributed by atoms with Crippen LogP contribution in [0.1, 0.15) is 51.9 Å². The van der Waals surface area contributed by atoms with E-state index in [1.54, 1.807) is 0 Å². The second kappa shape index (κ2) is 6.90. The lowest BCUT2D eigenvalue weighted by molar-refractivity contribution is -0.124. The van der Waals surface area contributed by atoms with Gasteiger partial charge in [-0.1, -0.05) is 26.2 Å². The van der Waals surface area contributed by atoms with Gasteiger partial charge in [0.25, 0.3) is 0 Å². The maximum Gasteiger partial charge on any atom is 0.237 e. The number of hydrogen-bond acceptors (Lipinski definition) is 3. The first-order valence-corrected chi connectivity index (χ1v) is 8.26. The molecule has 1 aliphatic carbocycles. The van der Waals surface area contributed by atoms with Crippen molar-refractivity contribution in [2.24, 2.45) is 5.92 Å². The minimum atomic E-state index is 0.0225. The van der Waals surface area contributed by atoms with Gasteiger partial charge in [0.1, 0.15) is 0 Å². The Balaban J connectivity index is 1.85. The fraction of sp³-hybridized carbons (Fsp3) is 0.938. The molecule has 2 aliphatic rings. The highest BCUT2D eigenvalue weighted by Crippen LogP contribution is 2.33. The van der Waals surface area contributed by atoms with Crippen molar-refractivity contribution in [3.63, 3.8) is 0 Å². The number of rotatable bonds is 5. The van der Waals surface area contributed by atoms with Crippen LogP contribution in [0, 0.1) is 5.92 Å². The minimum absolute atomic E-state index is 0.0225. The van der Waals surface area contributed by atoms with Crippen molar-refractivity contribution in [2.75, 3.05) is 27.2 Å². The maximum absolute atomic E-state index is 12.4. The molecule has 2 rings (SSSR count). The Morgan fingerprint density at radius 3 is 2.65 bits per heavy atom. The van der Waals surface area contributed by atoms with Crippen LogP contribution in [-0.2, 0) is 4.79 Å². The molecule has 2 atom stereocenters. The molecule has 2 unspecified atom stereocenters. The number of piperidine rings is 1. The maximum atomic E-state index is 12.4. The SMILES string of the molecule is CCC1CCNC(C(=O)NCC2(N(C)C)CCCC2)C1. The molecule has 0 radical (unpaired) electrons. The third-order valence-electron chi connectivity index (χ3n) is 5.48. The van der Waals surface area contributed by atoms with E-state index in [9.17, 15) is 4.79 Å². The average molecular weight is 281 g/mol. The van der Waals surface area contributed by atoms with E-state index >= 15 is 0 Å². The van der Waals surface area contributed by atoms with Crippen molar-refractivity contribution >= 4 is 5.91 Å². The standard InChI is InChI=1S/C16H31N3O/c1-4-13-7-10-17-14(11-13)15(20)18-12-16(19(2)3)8-5-6-9-16/h13-14,17H,4-12H2,1-3H3,(H,18,20). The average Bonchev–Trinajstić information content (AvgIpc) is 2.95. The lowest BCUT2D eigenvalue weighted by atomic mass is 9.89. The van der Waals surface area contributed by atoms with Crippen LogP contribution in [-0.4, -0.2) is 49.6 Å². The van der Waals surface area contributed by atoms with Crippen molar-refractivity contribution in [2.45, 2.75) is 63.5 Å².